The molecule has 1 aromatic rings. The summed E-state index contributed by atoms with van der Waals surface area (Å²) in [6.45, 7) is 4.45. The molecule has 1 N–H and O–H groups in total. The van der Waals surface area contributed by atoms with E-state index in [2.05, 4.69) is 5.32 Å². The lowest BCUT2D eigenvalue weighted by Gasteiger charge is -2.22. The van der Waals surface area contributed by atoms with Crippen LogP contribution in [0.1, 0.15) is 24.9 Å². The Kier molecular flexibility index (Phi) is 5.43. The topological polar surface area (TPSA) is 77.1 Å². The van der Waals surface area contributed by atoms with Gasteiger partial charge in [-0.05, 0) is 24.6 Å². The molecule has 2 aliphatic heterocycles. The van der Waals surface area contributed by atoms with Crippen LogP contribution in [-0.2, 0) is 14.3 Å². The largest absolute Gasteiger partial charge is 0.486 e. The van der Waals surface area contributed by atoms with Crippen molar-refractivity contribution in [1.29, 1.82) is 0 Å². The third kappa shape index (κ3) is 4.04. The summed E-state index contributed by atoms with van der Waals surface area (Å²) in [5, 5.41) is 3.00. The van der Waals surface area contributed by atoms with Crippen LogP contribution in [0, 0.1) is 5.92 Å². The second-order valence-corrected chi connectivity index (χ2v) is 6.37. The molecule has 2 heterocycles. The van der Waals surface area contributed by atoms with Crippen LogP contribution in [0.3, 0.4) is 0 Å². The minimum absolute atomic E-state index is 0.00387. The lowest BCUT2D eigenvalue weighted by Crippen LogP contribution is -2.35. The molecule has 0 radical (unpaired) electrons. The zero-order chi connectivity index (χ0) is 17.8. The molecule has 2 atom stereocenters. The van der Waals surface area contributed by atoms with Crippen molar-refractivity contribution in [3.8, 4) is 11.5 Å². The highest BCUT2D eigenvalue weighted by atomic mass is 16.6. The third-order valence-corrected chi connectivity index (χ3v) is 4.58. The number of nitrogens with one attached hydrogen (secondary N) is 1. The number of ether oxygens (including phenoxy) is 3. The van der Waals surface area contributed by atoms with Crippen molar-refractivity contribution in [2.75, 3.05) is 40.0 Å². The molecule has 7 heteroatoms. The summed E-state index contributed by atoms with van der Waals surface area (Å²) in [5.74, 6) is 1.01. The van der Waals surface area contributed by atoms with Gasteiger partial charge in [0.15, 0.2) is 11.5 Å². The van der Waals surface area contributed by atoms with Crippen molar-refractivity contribution >= 4 is 11.8 Å². The van der Waals surface area contributed by atoms with Gasteiger partial charge in [0.05, 0.1) is 18.6 Å². The summed E-state index contributed by atoms with van der Waals surface area (Å²) in [5.41, 5.74) is 0.943. The van der Waals surface area contributed by atoms with Crippen molar-refractivity contribution in [2.45, 2.75) is 19.4 Å². The zero-order valence-corrected chi connectivity index (χ0v) is 14.6. The first kappa shape index (κ1) is 17.5. The van der Waals surface area contributed by atoms with E-state index in [1.165, 1.54) is 0 Å². The zero-order valence-electron chi connectivity index (χ0n) is 14.6. The second kappa shape index (κ2) is 7.74. The van der Waals surface area contributed by atoms with Gasteiger partial charge in [-0.15, -0.1) is 0 Å². The molecule has 0 spiro atoms. The summed E-state index contributed by atoms with van der Waals surface area (Å²) < 4.78 is 16.1. The Balaban J connectivity index is 1.58. The number of rotatable bonds is 6. The molecule has 1 fully saturated rings. The van der Waals surface area contributed by atoms with Crippen LogP contribution in [-0.4, -0.2) is 56.7 Å². The van der Waals surface area contributed by atoms with E-state index in [1.54, 1.807) is 12.0 Å². The number of benzene rings is 1. The Morgan fingerprint density at radius 3 is 2.88 bits per heavy atom. The van der Waals surface area contributed by atoms with Crippen LogP contribution < -0.4 is 14.8 Å². The third-order valence-electron chi connectivity index (χ3n) is 4.58. The molecule has 3 rings (SSSR count). The fraction of sp³-hybridized carbons (Fsp3) is 0.556. The number of fused-ring (bicyclic) bond motifs is 1. The number of carbonyl (C=O) groups excluding carboxylic acids is 2. The van der Waals surface area contributed by atoms with E-state index >= 15 is 0 Å². The van der Waals surface area contributed by atoms with Crippen LogP contribution in [0.4, 0.5) is 0 Å². The summed E-state index contributed by atoms with van der Waals surface area (Å²) in [7, 11) is 1.60. The van der Waals surface area contributed by atoms with E-state index in [1.807, 2.05) is 25.1 Å². The van der Waals surface area contributed by atoms with Gasteiger partial charge in [-0.1, -0.05) is 6.07 Å². The van der Waals surface area contributed by atoms with E-state index in [9.17, 15) is 9.59 Å². The van der Waals surface area contributed by atoms with Gasteiger partial charge in [0.25, 0.3) is 0 Å². The number of amides is 2. The molecule has 7 nitrogen and oxygen atoms in total. The van der Waals surface area contributed by atoms with Gasteiger partial charge in [-0.3, -0.25) is 9.59 Å². The van der Waals surface area contributed by atoms with E-state index in [4.69, 9.17) is 14.2 Å². The van der Waals surface area contributed by atoms with E-state index in [0.29, 0.717) is 38.7 Å². The minimum Gasteiger partial charge on any atom is -0.486 e. The van der Waals surface area contributed by atoms with Crippen molar-refractivity contribution in [3.05, 3.63) is 23.8 Å². The van der Waals surface area contributed by atoms with Gasteiger partial charge in [-0.2, -0.15) is 0 Å². The molecule has 1 saturated heterocycles. The number of carbonyl (C=O) groups is 2. The van der Waals surface area contributed by atoms with Crippen molar-refractivity contribution in [3.63, 3.8) is 0 Å². The quantitative estimate of drug-likeness (QED) is 0.834. The highest BCUT2D eigenvalue weighted by molar-refractivity contribution is 5.89. The van der Waals surface area contributed by atoms with Gasteiger partial charge >= 0.3 is 0 Å². The summed E-state index contributed by atoms with van der Waals surface area (Å²) in [6, 6.07) is 5.50. The predicted molar refractivity (Wildman–Crippen MR) is 90.6 cm³/mol. The lowest BCUT2D eigenvalue weighted by atomic mass is 10.0. The molecular formula is C18H24N2O5. The van der Waals surface area contributed by atoms with Crippen LogP contribution in [0.25, 0.3) is 0 Å². The smallest absolute Gasteiger partial charge is 0.225 e. The standard InChI is InChI=1S/C18H24N2O5/c1-12(13-3-4-15-16(9-13)25-8-7-24-15)19-18(22)14-10-17(21)20(11-14)5-6-23-2/h3-4,9,12,14H,5-8,10-11H2,1-2H3,(H,19,22)/t12-,14+/m1/s1. The van der Waals surface area contributed by atoms with Crippen LogP contribution in [0.2, 0.25) is 0 Å². The average molecular weight is 348 g/mol. The predicted octanol–water partition coefficient (Wildman–Crippen LogP) is 1.13. The van der Waals surface area contributed by atoms with Crippen molar-refractivity contribution in [1.82, 2.24) is 10.2 Å². The maximum absolute atomic E-state index is 12.5. The number of methoxy groups -OCH3 is 1. The van der Waals surface area contributed by atoms with Gasteiger partial charge in [0.1, 0.15) is 13.2 Å². The fourth-order valence-electron chi connectivity index (χ4n) is 3.11. The van der Waals surface area contributed by atoms with Crippen molar-refractivity contribution < 1.29 is 23.8 Å². The molecule has 0 saturated carbocycles. The van der Waals surface area contributed by atoms with Crippen LogP contribution >= 0.6 is 0 Å². The van der Waals surface area contributed by atoms with Gasteiger partial charge in [0.2, 0.25) is 11.8 Å². The van der Waals surface area contributed by atoms with Gasteiger partial charge in [-0.25, -0.2) is 0 Å². The molecule has 0 aliphatic carbocycles. The average Bonchev–Trinajstić information content (AvgIpc) is 3.00. The normalized spacial score (nSPS) is 20.5. The summed E-state index contributed by atoms with van der Waals surface area (Å²) in [6.07, 6.45) is 0.253. The lowest BCUT2D eigenvalue weighted by molar-refractivity contribution is -0.129. The van der Waals surface area contributed by atoms with Gasteiger partial charge in [0, 0.05) is 26.6 Å². The highest BCUT2D eigenvalue weighted by Gasteiger charge is 2.34. The SMILES string of the molecule is COCCN1C[C@@H](C(=O)N[C@H](C)c2ccc3c(c2)OCCO3)CC1=O. The molecule has 0 bridgehead atoms. The molecule has 25 heavy (non-hydrogen) atoms. The maximum atomic E-state index is 12.5. The minimum atomic E-state index is -0.316. The Morgan fingerprint density at radius 2 is 2.12 bits per heavy atom. The Bertz CT molecular complexity index is 648. The first-order valence-corrected chi connectivity index (χ1v) is 8.55. The fourth-order valence-corrected chi connectivity index (χ4v) is 3.11. The van der Waals surface area contributed by atoms with Crippen LogP contribution in [0.5, 0.6) is 11.5 Å². The molecule has 0 unspecified atom stereocenters. The van der Waals surface area contributed by atoms with E-state index < -0.39 is 0 Å². The monoisotopic (exact) mass is 348 g/mol. The van der Waals surface area contributed by atoms with Gasteiger partial charge < -0.3 is 24.4 Å². The van der Waals surface area contributed by atoms with Crippen LogP contribution in [0.15, 0.2) is 18.2 Å². The van der Waals surface area contributed by atoms with E-state index in [-0.39, 0.29) is 30.2 Å². The molecule has 2 aliphatic rings. The molecule has 0 aromatic heterocycles. The molecule has 1 aromatic carbocycles. The highest BCUT2D eigenvalue weighted by Crippen LogP contribution is 2.32. The number of hydrogen-bond acceptors (Lipinski definition) is 5. The number of nitrogens with zero attached hydrogens (tertiary/aromatic N) is 1. The van der Waals surface area contributed by atoms with E-state index in [0.717, 1.165) is 11.3 Å². The first-order chi connectivity index (χ1) is 12.1. The Morgan fingerprint density at radius 1 is 1.36 bits per heavy atom. The van der Waals surface area contributed by atoms with Crippen molar-refractivity contribution in [2.24, 2.45) is 5.92 Å². The summed E-state index contributed by atoms with van der Waals surface area (Å²) in [4.78, 5) is 26.2. The Labute approximate surface area is 147 Å². The maximum Gasteiger partial charge on any atom is 0.225 e. The second-order valence-electron chi connectivity index (χ2n) is 6.37. The summed E-state index contributed by atoms with van der Waals surface area (Å²) >= 11 is 0. The molecular weight excluding hydrogens is 324 g/mol. The number of hydrogen-bond donors (Lipinski definition) is 1. The number of likely N-dealkylation sites (tertiary alicyclic amines) is 1. The molecule has 136 valence electrons. The Hall–Kier alpha value is -2.28. The first-order valence-electron chi connectivity index (χ1n) is 8.55. The molecule has 2 amide bonds.